The van der Waals surface area contributed by atoms with Crippen LogP contribution in [0.5, 0.6) is 0 Å². The normalized spacial score (nSPS) is 17.8. The maximum absolute atomic E-state index is 9.79. The number of aromatic nitrogens is 4. The number of β-amino-alcohol motifs (C(OH)–C–C–N with tert-alkyl or cyclic N) is 2. The lowest BCUT2D eigenvalue weighted by molar-refractivity contribution is 0.0572. The van der Waals surface area contributed by atoms with E-state index in [2.05, 4.69) is 27.2 Å². The van der Waals surface area contributed by atoms with E-state index in [1.807, 2.05) is 29.3 Å². The standard InChI is InChI=1S/C23H17N7O2S/c24-7-14-2-1-5-26-23(14)33-20-6-16(11-30-22(20)17(8-25)10-28-30)15-3-4-21(27-9-15)29-12-18(31)19(32)13-29/h1-6,9-11,18-19,31-32H,12-13H2/t18-,19-/m0/s1. The molecule has 0 radical (unpaired) electrons. The number of aliphatic hydroxyl groups excluding tert-OH is 2. The lowest BCUT2D eigenvalue weighted by atomic mass is 10.1. The molecule has 5 heterocycles. The first kappa shape index (κ1) is 20.9. The van der Waals surface area contributed by atoms with Crippen molar-refractivity contribution in [1.82, 2.24) is 19.6 Å². The first-order valence-electron chi connectivity index (χ1n) is 10.1. The van der Waals surface area contributed by atoms with Crippen LogP contribution in [0.15, 0.2) is 65.0 Å². The Labute approximate surface area is 193 Å². The summed E-state index contributed by atoms with van der Waals surface area (Å²) >= 11 is 1.31. The summed E-state index contributed by atoms with van der Waals surface area (Å²) in [5, 5.41) is 43.4. The zero-order valence-corrected chi connectivity index (χ0v) is 18.0. The fourth-order valence-electron chi connectivity index (χ4n) is 3.76. The molecule has 1 saturated heterocycles. The van der Waals surface area contributed by atoms with Crippen LogP contribution in [0.2, 0.25) is 0 Å². The van der Waals surface area contributed by atoms with Gasteiger partial charge in [-0.05, 0) is 30.3 Å². The van der Waals surface area contributed by atoms with Crippen molar-refractivity contribution in [1.29, 1.82) is 10.5 Å². The van der Waals surface area contributed by atoms with E-state index >= 15 is 0 Å². The van der Waals surface area contributed by atoms with Crippen LogP contribution in [0.4, 0.5) is 5.82 Å². The molecule has 0 amide bonds. The summed E-state index contributed by atoms with van der Waals surface area (Å²) in [4.78, 5) is 11.4. The predicted molar refractivity (Wildman–Crippen MR) is 120 cm³/mol. The van der Waals surface area contributed by atoms with Gasteiger partial charge in [0.05, 0.1) is 35.0 Å². The Kier molecular flexibility index (Phi) is 5.40. The quantitative estimate of drug-likeness (QED) is 0.475. The molecule has 162 valence electrons. The maximum Gasteiger partial charge on any atom is 0.128 e. The molecule has 0 spiro atoms. The molecule has 10 heteroatoms. The maximum atomic E-state index is 9.79. The molecule has 1 aliphatic heterocycles. The van der Waals surface area contributed by atoms with Gasteiger partial charge in [0, 0.05) is 47.7 Å². The van der Waals surface area contributed by atoms with Crippen molar-refractivity contribution >= 4 is 23.1 Å². The number of rotatable bonds is 4. The van der Waals surface area contributed by atoms with Crippen LogP contribution in [0, 0.1) is 22.7 Å². The molecule has 1 aliphatic rings. The van der Waals surface area contributed by atoms with Gasteiger partial charge >= 0.3 is 0 Å². The summed E-state index contributed by atoms with van der Waals surface area (Å²) in [6, 6.07) is 13.4. The second kappa shape index (κ2) is 8.52. The summed E-state index contributed by atoms with van der Waals surface area (Å²) in [6.07, 6.45) is 5.11. The molecule has 1 fully saturated rings. The number of nitrogens with zero attached hydrogens (tertiary/aromatic N) is 7. The number of pyridine rings is 3. The van der Waals surface area contributed by atoms with E-state index in [0.717, 1.165) is 16.0 Å². The van der Waals surface area contributed by atoms with Crippen molar-refractivity contribution in [3.8, 4) is 23.3 Å². The second-order valence-electron chi connectivity index (χ2n) is 7.57. The van der Waals surface area contributed by atoms with Gasteiger partial charge in [0.1, 0.15) is 23.0 Å². The molecule has 5 rings (SSSR count). The third kappa shape index (κ3) is 3.88. The summed E-state index contributed by atoms with van der Waals surface area (Å²) < 4.78 is 1.65. The topological polar surface area (TPSA) is 134 Å². The Morgan fingerprint density at radius 1 is 0.970 bits per heavy atom. The monoisotopic (exact) mass is 455 g/mol. The van der Waals surface area contributed by atoms with Crippen molar-refractivity contribution in [2.75, 3.05) is 18.0 Å². The first-order chi connectivity index (χ1) is 16.1. The van der Waals surface area contributed by atoms with Crippen LogP contribution in [-0.2, 0) is 0 Å². The lowest BCUT2D eigenvalue weighted by Gasteiger charge is -2.16. The Morgan fingerprint density at radius 2 is 1.76 bits per heavy atom. The molecule has 9 nitrogen and oxygen atoms in total. The molecular weight excluding hydrogens is 438 g/mol. The predicted octanol–water partition coefficient (Wildman–Crippen LogP) is 2.23. The lowest BCUT2D eigenvalue weighted by Crippen LogP contribution is -2.22. The minimum atomic E-state index is -0.785. The zero-order chi connectivity index (χ0) is 22.9. The minimum Gasteiger partial charge on any atom is -0.389 e. The summed E-state index contributed by atoms with van der Waals surface area (Å²) in [6.45, 7) is 0.658. The summed E-state index contributed by atoms with van der Waals surface area (Å²) in [7, 11) is 0. The molecule has 2 atom stereocenters. The van der Waals surface area contributed by atoms with Crippen LogP contribution in [-0.4, -0.2) is 55.1 Å². The van der Waals surface area contributed by atoms with E-state index in [1.54, 1.807) is 29.0 Å². The van der Waals surface area contributed by atoms with Gasteiger partial charge in [0.2, 0.25) is 0 Å². The molecule has 33 heavy (non-hydrogen) atoms. The molecule has 2 N–H and O–H groups in total. The highest BCUT2D eigenvalue weighted by atomic mass is 32.2. The molecular formula is C23H17N7O2S. The van der Waals surface area contributed by atoms with Crippen molar-refractivity contribution in [3.63, 3.8) is 0 Å². The number of nitriles is 2. The Balaban J connectivity index is 1.54. The summed E-state index contributed by atoms with van der Waals surface area (Å²) in [5.41, 5.74) is 3.18. The molecule has 4 aromatic heterocycles. The van der Waals surface area contributed by atoms with Gasteiger partial charge in [-0.3, -0.25) is 0 Å². The van der Waals surface area contributed by atoms with Crippen LogP contribution in [0.25, 0.3) is 16.6 Å². The zero-order valence-electron chi connectivity index (χ0n) is 17.2. The van der Waals surface area contributed by atoms with Gasteiger partial charge < -0.3 is 15.1 Å². The van der Waals surface area contributed by atoms with Gasteiger partial charge in [-0.15, -0.1) is 0 Å². The number of fused-ring (bicyclic) bond motifs is 1. The van der Waals surface area contributed by atoms with E-state index in [4.69, 9.17) is 0 Å². The largest absolute Gasteiger partial charge is 0.389 e. The third-order valence-electron chi connectivity index (χ3n) is 5.46. The minimum absolute atomic E-state index is 0.329. The Morgan fingerprint density at radius 3 is 2.45 bits per heavy atom. The van der Waals surface area contributed by atoms with E-state index in [-0.39, 0.29) is 0 Å². The smallest absolute Gasteiger partial charge is 0.128 e. The third-order valence-corrected chi connectivity index (χ3v) is 6.51. The number of aliphatic hydroxyl groups is 2. The van der Waals surface area contributed by atoms with Gasteiger partial charge in [-0.25, -0.2) is 14.5 Å². The first-order valence-corrected chi connectivity index (χ1v) is 10.9. The van der Waals surface area contributed by atoms with Gasteiger partial charge in [0.25, 0.3) is 0 Å². The van der Waals surface area contributed by atoms with Gasteiger partial charge in [-0.1, -0.05) is 11.8 Å². The number of hydrogen-bond donors (Lipinski definition) is 2. The van der Waals surface area contributed by atoms with Crippen LogP contribution >= 0.6 is 11.8 Å². The van der Waals surface area contributed by atoms with Gasteiger partial charge in [0.15, 0.2) is 0 Å². The molecule has 0 unspecified atom stereocenters. The fraction of sp³-hybridized carbons (Fsp3) is 0.174. The number of anilines is 1. The molecule has 0 saturated carbocycles. The van der Waals surface area contributed by atoms with Crippen molar-refractivity contribution < 1.29 is 10.2 Å². The van der Waals surface area contributed by atoms with E-state index in [0.29, 0.717) is 40.6 Å². The molecule has 0 bridgehead atoms. The second-order valence-corrected chi connectivity index (χ2v) is 8.60. The van der Waals surface area contributed by atoms with E-state index in [9.17, 15) is 20.7 Å². The summed E-state index contributed by atoms with van der Waals surface area (Å²) in [5.74, 6) is 0.669. The van der Waals surface area contributed by atoms with E-state index in [1.165, 1.54) is 18.0 Å². The highest BCUT2D eigenvalue weighted by molar-refractivity contribution is 7.99. The van der Waals surface area contributed by atoms with E-state index < -0.39 is 12.2 Å². The van der Waals surface area contributed by atoms with Crippen LogP contribution < -0.4 is 4.90 Å². The Hall–Kier alpha value is -3.96. The van der Waals surface area contributed by atoms with Crippen LogP contribution in [0.3, 0.4) is 0 Å². The van der Waals surface area contributed by atoms with Crippen molar-refractivity contribution in [3.05, 3.63) is 66.2 Å². The SMILES string of the molecule is N#Cc1cccnc1Sc1cc(-c2ccc(N3C[C@H](O)[C@@H](O)C3)nc2)cn2ncc(C#N)c12. The van der Waals surface area contributed by atoms with Crippen LogP contribution in [0.1, 0.15) is 11.1 Å². The molecule has 4 aromatic rings. The average Bonchev–Trinajstić information content (AvgIpc) is 3.42. The molecule has 0 aliphatic carbocycles. The highest BCUT2D eigenvalue weighted by Gasteiger charge is 2.30. The Bertz CT molecular complexity index is 1410. The average molecular weight is 456 g/mol. The fourth-order valence-corrected chi connectivity index (χ4v) is 4.80. The number of hydrogen-bond acceptors (Lipinski definition) is 9. The van der Waals surface area contributed by atoms with Crippen molar-refractivity contribution in [2.24, 2.45) is 0 Å². The van der Waals surface area contributed by atoms with Gasteiger partial charge in [-0.2, -0.15) is 15.6 Å². The highest BCUT2D eigenvalue weighted by Crippen LogP contribution is 2.36. The molecule has 0 aromatic carbocycles. The van der Waals surface area contributed by atoms with Crippen molar-refractivity contribution in [2.45, 2.75) is 22.1 Å².